The molecular formula is C21H23N3O. The number of hydrogen-bond donors (Lipinski definition) is 1. The Balaban J connectivity index is 1.49. The molecule has 2 atom stereocenters. The van der Waals surface area contributed by atoms with Crippen LogP contribution in [0.1, 0.15) is 35.1 Å². The van der Waals surface area contributed by atoms with Gasteiger partial charge in [-0.15, -0.1) is 0 Å². The van der Waals surface area contributed by atoms with Gasteiger partial charge in [0.1, 0.15) is 5.76 Å². The van der Waals surface area contributed by atoms with Crippen LogP contribution in [0.5, 0.6) is 0 Å². The third-order valence-electron chi connectivity index (χ3n) is 4.92. The van der Waals surface area contributed by atoms with Crippen LogP contribution < -0.4 is 5.32 Å². The van der Waals surface area contributed by atoms with E-state index < -0.39 is 0 Å². The SMILES string of the molecule is Cc1nn(-c2ccccc2)c(C)c1C1C=CC(NCc2ccco2)C1. The van der Waals surface area contributed by atoms with Gasteiger partial charge in [0.2, 0.25) is 0 Å². The summed E-state index contributed by atoms with van der Waals surface area (Å²) in [6, 6.07) is 14.6. The molecule has 4 nitrogen and oxygen atoms in total. The lowest BCUT2D eigenvalue weighted by Gasteiger charge is -2.14. The second kappa shape index (κ2) is 6.73. The van der Waals surface area contributed by atoms with Crippen molar-refractivity contribution < 1.29 is 4.42 Å². The van der Waals surface area contributed by atoms with Gasteiger partial charge in [0.15, 0.2) is 0 Å². The molecule has 2 heterocycles. The zero-order chi connectivity index (χ0) is 17.2. The Kier molecular flexibility index (Phi) is 4.28. The first-order valence-corrected chi connectivity index (χ1v) is 8.78. The normalized spacial score (nSPS) is 19.6. The summed E-state index contributed by atoms with van der Waals surface area (Å²) in [6.45, 7) is 5.04. The number of nitrogens with zero attached hydrogens (tertiary/aromatic N) is 2. The number of allylic oxidation sites excluding steroid dienone is 1. The minimum atomic E-state index is 0.369. The lowest BCUT2D eigenvalue weighted by molar-refractivity contribution is 0.461. The smallest absolute Gasteiger partial charge is 0.117 e. The molecule has 1 aliphatic carbocycles. The van der Waals surface area contributed by atoms with Gasteiger partial charge in [-0.1, -0.05) is 30.4 Å². The molecule has 0 spiro atoms. The molecule has 0 bridgehead atoms. The Hall–Kier alpha value is -2.59. The summed E-state index contributed by atoms with van der Waals surface area (Å²) in [6.07, 6.45) is 7.36. The molecule has 128 valence electrons. The summed E-state index contributed by atoms with van der Waals surface area (Å²) in [7, 11) is 0. The monoisotopic (exact) mass is 333 g/mol. The van der Waals surface area contributed by atoms with E-state index in [4.69, 9.17) is 9.52 Å². The van der Waals surface area contributed by atoms with Gasteiger partial charge < -0.3 is 9.73 Å². The number of para-hydroxylation sites is 1. The second-order valence-corrected chi connectivity index (χ2v) is 6.63. The number of hydrogen-bond acceptors (Lipinski definition) is 3. The topological polar surface area (TPSA) is 43.0 Å². The van der Waals surface area contributed by atoms with Crippen LogP contribution in [-0.2, 0) is 6.54 Å². The Bertz CT molecular complexity index is 862. The van der Waals surface area contributed by atoms with Crippen molar-refractivity contribution in [2.24, 2.45) is 0 Å². The summed E-state index contributed by atoms with van der Waals surface area (Å²) >= 11 is 0. The molecule has 0 fully saturated rings. The molecule has 1 N–H and O–H groups in total. The van der Waals surface area contributed by atoms with E-state index >= 15 is 0 Å². The highest BCUT2D eigenvalue weighted by atomic mass is 16.3. The fourth-order valence-corrected chi connectivity index (χ4v) is 3.72. The first kappa shape index (κ1) is 15.9. The van der Waals surface area contributed by atoms with Gasteiger partial charge in [-0.25, -0.2) is 4.68 Å². The zero-order valence-corrected chi connectivity index (χ0v) is 14.6. The van der Waals surface area contributed by atoms with Crippen LogP contribution in [-0.4, -0.2) is 15.8 Å². The molecule has 2 unspecified atom stereocenters. The Labute approximate surface area is 148 Å². The highest BCUT2D eigenvalue weighted by Gasteiger charge is 2.26. The quantitative estimate of drug-likeness (QED) is 0.709. The Morgan fingerprint density at radius 2 is 1.96 bits per heavy atom. The number of rotatable bonds is 5. The van der Waals surface area contributed by atoms with Crippen LogP contribution in [0.4, 0.5) is 0 Å². The molecule has 0 radical (unpaired) electrons. The minimum absolute atomic E-state index is 0.369. The van der Waals surface area contributed by atoms with Crippen LogP contribution in [0.25, 0.3) is 5.69 Å². The van der Waals surface area contributed by atoms with Gasteiger partial charge in [-0.3, -0.25) is 0 Å². The lowest BCUT2D eigenvalue weighted by atomic mass is 9.96. The van der Waals surface area contributed by atoms with Crippen molar-refractivity contribution in [3.05, 3.63) is 83.6 Å². The molecule has 2 aromatic heterocycles. The van der Waals surface area contributed by atoms with Crippen molar-refractivity contribution in [2.45, 2.75) is 38.8 Å². The van der Waals surface area contributed by atoms with E-state index in [1.54, 1.807) is 6.26 Å². The first-order valence-electron chi connectivity index (χ1n) is 8.78. The van der Waals surface area contributed by atoms with Crippen LogP contribution in [0.2, 0.25) is 0 Å². The van der Waals surface area contributed by atoms with Gasteiger partial charge in [0.25, 0.3) is 0 Å². The molecule has 1 aromatic carbocycles. The molecule has 1 aliphatic rings. The predicted octanol–water partition coefficient (Wildman–Crippen LogP) is 4.28. The van der Waals surface area contributed by atoms with Crippen molar-refractivity contribution in [3.63, 3.8) is 0 Å². The second-order valence-electron chi connectivity index (χ2n) is 6.63. The number of benzene rings is 1. The van der Waals surface area contributed by atoms with Crippen molar-refractivity contribution in [1.29, 1.82) is 0 Å². The Morgan fingerprint density at radius 1 is 1.12 bits per heavy atom. The summed E-state index contributed by atoms with van der Waals surface area (Å²) in [5, 5.41) is 8.34. The van der Waals surface area contributed by atoms with E-state index in [-0.39, 0.29) is 0 Å². The Morgan fingerprint density at radius 3 is 2.72 bits per heavy atom. The van der Waals surface area contributed by atoms with Crippen molar-refractivity contribution >= 4 is 0 Å². The summed E-state index contributed by atoms with van der Waals surface area (Å²) in [5.41, 5.74) is 4.80. The number of nitrogens with one attached hydrogen (secondary N) is 1. The number of aromatic nitrogens is 2. The molecule has 25 heavy (non-hydrogen) atoms. The van der Waals surface area contributed by atoms with Crippen LogP contribution in [0.3, 0.4) is 0 Å². The van der Waals surface area contributed by atoms with Crippen LogP contribution in [0, 0.1) is 13.8 Å². The van der Waals surface area contributed by atoms with Crippen LogP contribution in [0.15, 0.2) is 65.3 Å². The molecular weight excluding hydrogens is 310 g/mol. The first-order chi connectivity index (χ1) is 12.2. The number of aryl methyl sites for hydroxylation is 1. The maximum Gasteiger partial charge on any atom is 0.117 e. The van der Waals surface area contributed by atoms with Gasteiger partial charge in [-0.2, -0.15) is 5.10 Å². The maximum atomic E-state index is 5.40. The molecule has 0 amide bonds. The summed E-state index contributed by atoms with van der Waals surface area (Å²) < 4.78 is 7.45. The standard InChI is InChI=1S/C21H23N3O/c1-15-21(16(2)24(23-15)19-7-4-3-5-8-19)17-10-11-18(13-17)22-14-20-9-6-12-25-20/h3-12,17-18,22H,13-14H2,1-2H3. The van der Waals surface area contributed by atoms with Crippen molar-refractivity contribution in [3.8, 4) is 5.69 Å². The van der Waals surface area contributed by atoms with E-state index in [1.165, 1.54) is 11.3 Å². The fourth-order valence-electron chi connectivity index (χ4n) is 3.72. The molecule has 0 saturated carbocycles. The largest absolute Gasteiger partial charge is 0.468 e. The highest BCUT2D eigenvalue weighted by Crippen LogP contribution is 2.33. The van der Waals surface area contributed by atoms with Gasteiger partial charge in [0, 0.05) is 23.2 Å². The lowest BCUT2D eigenvalue weighted by Crippen LogP contribution is -2.25. The van der Waals surface area contributed by atoms with Crippen molar-refractivity contribution in [2.75, 3.05) is 0 Å². The average Bonchev–Trinajstić information content (AvgIpc) is 3.35. The van der Waals surface area contributed by atoms with Gasteiger partial charge in [-0.05, 0) is 44.5 Å². The molecule has 4 rings (SSSR count). The molecule has 0 saturated heterocycles. The van der Waals surface area contributed by atoms with Gasteiger partial charge in [0.05, 0.1) is 24.2 Å². The van der Waals surface area contributed by atoms with E-state index in [0.29, 0.717) is 12.0 Å². The van der Waals surface area contributed by atoms with Crippen molar-refractivity contribution in [1.82, 2.24) is 15.1 Å². The maximum absolute atomic E-state index is 5.40. The fraction of sp³-hybridized carbons (Fsp3) is 0.286. The minimum Gasteiger partial charge on any atom is -0.468 e. The summed E-state index contributed by atoms with van der Waals surface area (Å²) in [4.78, 5) is 0. The third kappa shape index (κ3) is 3.17. The molecule has 0 aliphatic heterocycles. The van der Waals surface area contributed by atoms with E-state index in [1.807, 2.05) is 18.2 Å². The molecule has 4 heteroatoms. The zero-order valence-electron chi connectivity index (χ0n) is 14.6. The third-order valence-corrected chi connectivity index (χ3v) is 4.92. The van der Waals surface area contributed by atoms with Crippen LogP contribution >= 0.6 is 0 Å². The average molecular weight is 333 g/mol. The van der Waals surface area contributed by atoms with E-state index in [0.717, 1.165) is 30.1 Å². The van der Waals surface area contributed by atoms with E-state index in [9.17, 15) is 0 Å². The van der Waals surface area contributed by atoms with Gasteiger partial charge >= 0.3 is 0 Å². The highest BCUT2D eigenvalue weighted by molar-refractivity contribution is 5.41. The summed E-state index contributed by atoms with van der Waals surface area (Å²) in [5.74, 6) is 1.38. The number of furan rings is 1. The predicted molar refractivity (Wildman–Crippen MR) is 98.9 cm³/mol. The van der Waals surface area contributed by atoms with E-state index in [2.05, 4.69) is 60.3 Å². The molecule has 3 aromatic rings.